The van der Waals surface area contributed by atoms with Crippen LogP contribution in [0.2, 0.25) is 0 Å². The largest absolute Gasteiger partial charge is 0.462 e. The summed E-state index contributed by atoms with van der Waals surface area (Å²) in [6, 6.07) is 14.7. The molecule has 2 aromatic carbocycles. The Labute approximate surface area is 210 Å². The minimum absolute atomic E-state index is 0.162. The highest BCUT2D eigenvalue weighted by Gasteiger charge is 2.37. The molecule has 35 heavy (non-hydrogen) atoms. The second-order valence-electron chi connectivity index (χ2n) is 7.87. The van der Waals surface area contributed by atoms with Crippen LogP contribution in [0.5, 0.6) is 0 Å². The molecular weight excluding hydrogens is 514 g/mol. The maximum Gasteiger partial charge on any atom is 0.338 e. The van der Waals surface area contributed by atoms with Gasteiger partial charge in [-0.2, -0.15) is 0 Å². The normalized spacial score (nSPS) is 14.9. The number of hydrogen-bond donors (Lipinski definition) is 1. The van der Waals surface area contributed by atoms with E-state index < -0.39 is 23.8 Å². The summed E-state index contributed by atoms with van der Waals surface area (Å²) in [6.45, 7) is 5.75. The first-order chi connectivity index (χ1) is 16.7. The summed E-state index contributed by atoms with van der Waals surface area (Å²) in [5.74, 6) is -1.90. The summed E-state index contributed by atoms with van der Waals surface area (Å²) in [5.41, 5.74) is 3.54. The van der Waals surface area contributed by atoms with E-state index in [1.165, 1.54) is 6.08 Å². The van der Waals surface area contributed by atoms with E-state index in [9.17, 15) is 19.2 Å². The van der Waals surface area contributed by atoms with E-state index >= 15 is 0 Å². The number of aromatic nitrogens is 1. The van der Waals surface area contributed by atoms with Crippen LogP contribution in [0.1, 0.15) is 34.2 Å². The van der Waals surface area contributed by atoms with Crippen molar-refractivity contribution < 1.29 is 23.9 Å². The highest BCUT2D eigenvalue weighted by atomic mass is 79.9. The SMILES string of the molecule is CCOC(=O)c1cccc(-n2c(C)cc(C=C3C(=O)NC(=O)N(c4cccc(Br)c4)C3=O)c2C)c1. The van der Waals surface area contributed by atoms with Crippen LogP contribution in [0, 0.1) is 13.8 Å². The number of benzene rings is 2. The van der Waals surface area contributed by atoms with Gasteiger partial charge in [0.1, 0.15) is 5.57 Å². The summed E-state index contributed by atoms with van der Waals surface area (Å²) in [5, 5.41) is 2.24. The monoisotopic (exact) mass is 535 g/mol. The van der Waals surface area contributed by atoms with Gasteiger partial charge < -0.3 is 9.30 Å². The first kappa shape index (κ1) is 24.2. The number of carbonyl (C=O) groups is 4. The molecule has 0 aliphatic carbocycles. The molecule has 4 rings (SSSR count). The fourth-order valence-corrected chi connectivity index (χ4v) is 4.37. The zero-order chi connectivity index (χ0) is 25.3. The van der Waals surface area contributed by atoms with Crippen molar-refractivity contribution in [2.24, 2.45) is 0 Å². The lowest BCUT2D eigenvalue weighted by Crippen LogP contribution is -2.54. The van der Waals surface area contributed by atoms with Crippen molar-refractivity contribution in [3.8, 4) is 5.69 Å². The maximum absolute atomic E-state index is 13.2. The number of amides is 4. The van der Waals surface area contributed by atoms with Crippen molar-refractivity contribution >= 4 is 51.5 Å². The Hall–Kier alpha value is -3.98. The molecule has 1 aliphatic rings. The molecule has 0 spiro atoms. The Bertz CT molecular complexity index is 1410. The van der Waals surface area contributed by atoms with Gasteiger partial charge in [-0.1, -0.05) is 28.1 Å². The van der Waals surface area contributed by atoms with Gasteiger partial charge in [0.05, 0.1) is 17.9 Å². The molecule has 0 atom stereocenters. The van der Waals surface area contributed by atoms with E-state index in [1.54, 1.807) is 49.4 Å². The second kappa shape index (κ2) is 9.71. The van der Waals surface area contributed by atoms with Crippen LogP contribution in [-0.2, 0) is 14.3 Å². The van der Waals surface area contributed by atoms with E-state index in [0.717, 1.165) is 22.0 Å². The molecule has 1 fully saturated rings. The van der Waals surface area contributed by atoms with Crippen LogP contribution in [0.15, 0.2) is 64.6 Å². The Morgan fingerprint density at radius 3 is 2.46 bits per heavy atom. The summed E-state index contributed by atoms with van der Waals surface area (Å²) in [4.78, 5) is 51.4. The number of imide groups is 2. The average Bonchev–Trinajstić information content (AvgIpc) is 3.09. The number of barbiturate groups is 1. The molecule has 1 aliphatic heterocycles. The number of anilines is 1. The first-order valence-corrected chi connectivity index (χ1v) is 11.6. The molecule has 1 N–H and O–H groups in total. The Morgan fingerprint density at radius 1 is 1.03 bits per heavy atom. The van der Waals surface area contributed by atoms with Gasteiger partial charge >= 0.3 is 12.0 Å². The van der Waals surface area contributed by atoms with E-state index in [1.807, 2.05) is 30.5 Å². The highest BCUT2D eigenvalue weighted by molar-refractivity contribution is 9.10. The number of ether oxygens (including phenoxy) is 1. The van der Waals surface area contributed by atoms with Gasteiger partial charge in [0.25, 0.3) is 11.8 Å². The quantitative estimate of drug-likeness (QED) is 0.290. The summed E-state index contributed by atoms with van der Waals surface area (Å²) in [6.07, 6.45) is 1.48. The van der Waals surface area contributed by atoms with Crippen LogP contribution in [-0.4, -0.2) is 35.0 Å². The molecule has 0 saturated carbocycles. The molecule has 2 heterocycles. The predicted molar refractivity (Wildman–Crippen MR) is 134 cm³/mol. The number of urea groups is 1. The Morgan fingerprint density at radius 2 is 1.74 bits per heavy atom. The van der Waals surface area contributed by atoms with Crippen LogP contribution in [0.3, 0.4) is 0 Å². The van der Waals surface area contributed by atoms with Crippen LogP contribution in [0.25, 0.3) is 11.8 Å². The minimum Gasteiger partial charge on any atom is -0.462 e. The Balaban J connectivity index is 1.74. The molecule has 0 bridgehead atoms. The van der Waals surface area contributed by atoms with Gasteiger partial charge in [-0.15, -0.1) is 0 Å². The third-order valence-corrected chi connectivity index (χ3v) is 6.05. The number of esters is 1. The molecule has 9 heteroatoms. The molecule has 3 aromatic rings. The third kappa shape index (κ3) is 4.67. The minimum atomic E-state index is -0.809. The van der Waals surface area contributed by atoms with E-state index in [4.69, 9.17) is 4.74 Å². The molecule has 8 nitrogen and oxygen atoms in total. The second-order valence-corrected chi connectivity index (χ2v) is 8.79. The van der Waals surface area contributed by atoms with Crippen molar-refractivity contribution in [2.45, 2.75) is 20.8 Å². The molecule has 1 aromatic heterocycles. The Kier molecular flexibility index (Phi) is 6.70. The van der Waals surface area contributed by atoms with Gasteiger partial charge in [0.2, 0.25) is 0 Å². The van der Waals surface area contributed by atoms with Crippen molar-refractivity contribution in [1.82, 2.24) is 9.88 Å². The number of carbonyl (C=O) groups excluding carboxylic acids is 4. The maximum atomic E-state index is 13.2. The van der Waals surface area contributed by atoms with Gasteiger partial charge in [0.15, 0.2) is 0 Å². The lowest BCUT2D eigenvalue weighted by Gasteiger charge is -2.26. The fourth-order valence-electron chi connectivity index (χ4n) is 3.98. The van der Waals surface area contributed by atoms with Crippen molar-refractivity contribution in [3.05, 3.63) is 87.2 Å². The standard InChI is InChI=1S/C26H22BrN3O5/c1-4-35-25(33)17-7-5-9-20(12-17)29-15(2)11-18(16(29)3)13-22-23(31)28-26(34)30(24(22)32)21-10-6-8-19(27)14-21/h5-14H,4H2,1-3H3,(H,28,31,34). The van der Waals surface area contributed by atoms with Gasteiger partial charge in [0, 0.05) is 21.5 Å². The van der Waals surface area contributed by atoms with E-state index in [2.05, 4.69) is 21.2 Å². The molecule has 4 amide bonds. The number of aryl methyl sites for hydroxylation is 1. The first-order valence-electron chi connectivity index (χ1n) is 10.8. The van der Waals surface area contributed by atoms with Gasteiger partial charge in [-0.3, -0.25) is 14.9 Å². The fraction of sp³-hybridized carbons (Fsp3) is 0.154. The van der Waals surface area contributed by atoms with Crippen LogP contribution in [0.4, 0.5) is 10.5 Å². The van der Waals surface area contributed by atoms with Crippen molar-refractivity contribution in [2.75, 3.05) is 11.5 Å². The van der Waals surface area contributed by atoms with Gasteiger partial charge in [-0.05, 0) is 74.9 Å². The van der Waals surface area contributed by atoms with Crippen LogP contribution < -0.4 is 10.2 Å². The lowest BCUT2D eigenvalue weighted by atomic mass is 10.1. The topological polar surface area (TPSA) is 97.7 Å². The van der Waals surface area contributed by atoms with E-state index in [0.29, 0.717) is 21.3 Å². The number of hydrogen-bond acceptors (Lipinski definition) is 5. The van der Waals surface area contributed by atoms with Crippen molar-refractivity contribution in [1.29, 1.82) is 0 Å². The summed E-state index contributed by atoms with van der Waals surface area (Å²) < 4.78 is 7.70. The van der Waals surface area contributed by atoms with Crippen molar-refractivity contribution in [3.63, 3.8) is 0 Å². The number of halogens is 1. The molecule has 0 radical (unpaired) electrons. The summed E-state index contributed by atoms with van der Waals surface area (Å²) >= 11 is 3.33. The van der Waals surface area contributed by atoms with Gasteiger partial charge in [-0.25, -0.2) is 14.5 Å². The molecule has 1 saturated heterocycles. The summed E-state index contributed by atoms with van der Waals surface area (Å²) in [7, 11) is 0. The smallest absolute Gasteiger partial charge is 0.338 e. The zero-order valence-electron chi connectivity index (χ0n) is 19.3. The number of nitrogens with one attached hydrogen (secondary N) is 1. The van der Waals surface area contributed by atoms with E-state index in [-0.39, 0.29) is 12.2 Å². The lowest BCUT2D eigenvalue weighted by molar-refractivity contribution is -0.122. The number of nitrogens with zero attached hydrogens (tertiary/aromatic N) is 2. The zero-order valence-corrected chi connectivity index (χ0v) is 20.9. The third-order valence-electron chi connectivity index (χ3n) is 5.55. The number of rotatable bonds is 5. The molecule has 0 unspecified atom stereocenters. The molecule has 178 valence electrons. The average molecular weight is 536 g/mol. The molecular formula is C26H22BrN3O5. The predicted octanol–water partition coefficient (Wildman–Crippen LogP) is 4.70. The van der Waals surface area contributed by atoms with Crippen LogP contribution >= 0.6 is 15.9 Å². The highest BCUT2D eigenvalue weighted by Crippen LogP contribution is 2.27.